The summed E-state index contributed by atoms with van der Waals surface area (Å²) in [5.74, 6) is 5.04. The number of rotatable bonds is 1. The second kappa shape index (κ2) is 5.03. The monoisotopic (exact) mass is 276 g/mol. The highest BCUT2D eigenvalue weighted by molar-refractivity contribution is 5.07. The first kappa shape index (κ1) is 14.9. The molecular formula is C20H36. The lowest BCUT2D eigenvalue weighted by molar-refractivity contribution is 0.0329. The molecule has 0 aliphatic heterocycles. The zero-order chi connectivity index (χ0) is 14.5. The van der Waals surface area contributed by atoms with E-state index >= 15 is 0 Å². The van der Waals surface area contributed by atoms with Crippen molar-refractivity contribution in [3.8, 4) is 0 Å². The average molecular weight is 277 g/mol. The first-order valence-electron chi connectivity index (χ1n) is 9.33. The zero-order valence-electron chi connectivity index (χ0n) is 14.5. The fraction of sp³-hybridized carbons (Fsp3) is 1.00. The third-order valence-electron chi connectivity index (χ3n) is 7.75. The van der Waals surface area contributed by atoms with Crippen LogP contribution in [0.25, 0.3) is 0 Å². The SMILES string of the molecule is CC1CCC(C2(C)CC(C)(C)C3CCC(C)CC32)CC1. The summed E-state index contributed by atoms with van der Waals surface area (Å²) in [7, 11) is 0. The molecule has 0 heterocycles. The molecule has 0 nitrogen and oxygen atoms in total. The Balaban J connectivity index is 1.83. The molecule has 3 aliphatic carbocycles. The highest BCUT2D eigenvalue weighted by Crippen LogP contribution is 2.66. The van der Waals surface area contributed by atoms with Gasteiger partial charge in [-0.3, -0.25) is 0 Å². The Hall–Kier alpha value is 0. The van der Waals surface area contributed by atoms with Gasteiger partial charge in [0.1, 0.15) is 0 Å². The van der Waals surface area contributed by atoms with Crippen LogP contribution in [0.4, 0.5) is 0 Å². The number of fused-ring (bicyclic) bond motifs is 1. The van der Waals surface area contributed by atoms with Gasteiger partial charge in [0.25, 0.3) is 0 Å². The summed E-state index contributed by atoms with van der Waals surface area (Å²) >= 11 is 0. The molecule has 0 radical (unpaired) electrons. The van der Waals surface area contributed by atoms with Gasteiger partial charge in [-0.1, -0.05) is 53.9 Å². The Kier molecular flexibility index (Phi) is 3.75. The van der Waals surface area contributed by atoms with Crippen LogP contribution < -0.4 is 0 Å². The lowest BCUT2D eigenvalue weighted by Crippen LogP contribution is -2.38. The lowest BCUT2D eigenvalue weighted by atomic mass is 9.59. The molecule has 0 aromatic carbocycles. The van der Waals surface area contributed by atoms with E-state index in [0.29, 0.717) is 10.8 Å². The van der Waals surface area contributed by atoms with E-state index in [-0.39, 0.29) is 0 Å². The van der Waals surface area contributed by atoms with Gasteiger partial charge < -0.3 is 0 Å². The van der Waals surface area contributed by atoms with Crippen molar-refractivity contribution in [2.75, 3.05) is 0 Å². The topological polar surface area (TPSA) is 0 Å². The van der Waals surface area contributed by atoms with Gasteiger partial charge in [0.15, 0.2) is 0 Å². The van der Waals surface area contributed by atoms with E-state index < -0.39 is 0 Å². The Labute approximate surface area is 127 Å². The van der Waals surface area contributed by atoms with Crippen molar-refractivity contribution in [1.29, 1.82) is 0 Å². The Morgan fingerprint density at radius 3 is 1.95 bits per heavy atom. The predicted octanol–water partition coefficient (Wildman–Crippen LogP) is 6.30. The predicted molar refractivity (Wildman–Crippen MR) is 87.6 cm³/mol. The second-order valence-corrected chi connectivity index (χ2v) is 9.76. The molecule has 3 rings (SSSR count). The van der Waals surface area contributed by atoms with Gasteiger partial charge in [-0.05, 0) is 72.5 Å². The quantitative estimate of drug-likeness (QED) is 0.527. The summed E-state index contributed by atoms with van der Waals surface area (Å²) in [6, 6.07) is 0. The molecule has 0 amide bonds. The maximum absolute atomic E-state index is 2.69. The van der Waals surface area contributed by atoms with Crippen LogP contribution in [0.1, 0.15) is 86.0 Å². The van der Waals surface area contributed by atoms with Gasteiger partial charge in [0, 0.05) is 0 Å². The zero-order valence-corrected chi connectivity index (χ0v) is 14.5. The minimum atomic E-state index is 0.600. The van der Waals surface area contributed by atoms with Crippen molar-refractivity contribution in [1.82, 2.24) is 0 Å². The van der Waals surface area contributed by atoms with Crippen LogP contribution in [0.2, 0.25) is 0 Å². The molecule has 116 valence electrons. The van der Waals surface area contributed by atoms with Gasteiger partial charge in [0.05, 0.1) is 0 Å². The van der Waals surface area contributed by atoms with E-state index in [1.165, 1.54) is 51.4 Å². The van der Waals surface area contributed by atoms with Crippen LogP contribution in [0.3, 0.4) is 0 Å². The summed E-state index contributed by atoms with van der Waals surface area (Å²) in [6.07, 6.45) is 12.1. The fourth-order valence-electron chi connectivity index (χ4n) is 6.66. The van der Waals surface area contributed by atoms with Crippen LogP contribution in [-0.4, -0.2) is 0 Å². The third-order valence-corrected chi connectivity index (χ3v) is 7.75. The van der Waals surface area contributed by atoms with Crippen LogP contribution >= 0.6 is 0 Å². The van der Waals surface area contributed by atoms with Crippen molar-refractivity contribution in [3.63, 3.8) is 0 Å². The molecule has 0 spiro atoms. The Morgan fingerprint density at radius 1 is 0.700 bits per heavy atom. The third kappa shape index (κ3) is 2.35. The van der Waals surface area contributed by atoms with E-state index in [2.05, 4.69) is 34.6 Å². The molecule has 20 heavy (non-hydrogen) atoms. The van der Waals surface area contributed by atoms with Crippen LogP contribution in [0, 0.1) is 40.4 Å². The highest BCUT2D eigenvalue weighted by atomic mass is 14.6. The fourth-order valence-corrected chi connectivity index (χ4v) is 6.66. The summed E-state index contributed by atoms with van der Waals surface area (Å²) < 4.78 is 0. The molecule has 3 fully saturated rings. The molecule has 3 aliphatic rings. The molecule has 4 unspecified atom stereocenters. The van der Waals surface area contributed by atoms with E-state index in [4.69, 9.17) is 0 Å². The van der Waals surface area contributed by atoms with Gasteiger partial charge in [-0.25, -0.2) is 0 Å². The normalized spacial score (nSPS) is 51.8. The standard InChI is InChI=1S/C20H36/c1-14-6-9-16(10-7-14)20(5)13-19(3,4)17-11-8-15(2)12-18(17)20/h14-18H,6-13H2,1-5H3. The largest absolute Gasteiger partial charge is 0.0625 e. The van der Waals surface area contributed by atoms with E-state index in [0.717, 1.165) is 29.6 Å². The molecule has 0 aromatic rings. The van der Waals surface area contributed by atoms with E-state index in [9.17, 15) is 0 Å². The van der Waals surface area contributed by atoms with Gasteiger partial charge in [0.2, 0.25) is 0 Å². The highest BCUT2D eigenvalue weighted by Gasteiger charge is 2.58. The van der Waals surface area contributed by atoms with Crippen molar-refractivity contribution in [3.05, 3.63) is 0 Å². The molecule has 0 heteroatoms. The average Bonchev–Trinajstić information content (AvgIpc) is 2.58. The number of hydrogen-bond donors (Lipinski definition) is 0. The Morgan fingerprint density at radius 2 is 1.30 bits per heavy atom. The minimum absolute atomic E-state index is 0.600. The lowest BCUT2D eigenvalue weighted by Gasteiger charge is -2.46. The minimum Gasteiger partial charge on any atom is -0.0625 e. The molecule has 4 atom stereocenters. The molecule has 0 bridgehead atoms. The van der Waals surface area contributed by atoms with Crippen LogP contribution in [-0.2, 0) is 0 Å². The van der Waals surface area contributed by atoms with Gasteiger partial charge in [-0.15, -0.1) is 0 Å². The van der Waals surface area contributed by atoms with Crippen molar-refractivity contribution >= 4 is 0 Å². The maximum atomic E-state index is 2.69. The second-order valence-electron chi connectivity index (χ2n) is 9.76. The van der Waals surface area contributed by atoms with Gasteiger partial charge in [-0.2, -0.15) is 0 Å². The molecule has 0 aromatic heterocycles. The maximum Gasteiger partial charge on any atom is -0.0261 e. The smallest absolute Gasteiger partial charge is 0.0261 e. The van der Waals surface area contributed by atoms with Crippen LogP contribution in [0.5, 0.6) is 0 Å². The molecule has 0 N–H and O–H groups in total. The molecule has 0 saturated heterocycles. The van der Waals surface area contributed by atoms with Crippen molar-refractivity contribution < 1.29 is 0 Å². The first-order valence-corrected chi connectivity index (χ1v) is 9.33. The summed E-state index contributed by atoms with van der Waals surface area (Å²) in [6.45, 7) is 12.8. The van der Waals surface area contributed by atoms with Gasteiger partial charge >= 0.3 is 0 Å². The summed E-state index contributed by atoms with van der Waals surface area (Å²) in [5, 5.41) is 0. The van der Waals surface area contributed by atoms with E-state index in [1.54, 1.807) is 0 Å². The molecule has 3 saturated carbocycles. The number of hydrogen-bond acceptors (Lipinski definition) is 0. The van der Waals surface area contributed by atoms with Crippen molar-refractivity contribution in [2.24, 2.45) is 40.4 Å². The van der Waals surface area contributed by atoms with E-state index in [1.807, 2.05) is 0 Å². The van der Waals surface area contributed by atoms with Crippen molar-refractivity contribution in [2.45, 2.75) is 86.0 Å². The Bertz CT molecular complexity index is 347. The summed E-state index contributed by atoms with van der Waals surface area (Å²) in [5.41, 5.74) is 1.26. The first-order chi connectivity index (χ1) is 9.33. The summed E-state index contributed by atoms with van der Waals surface area (Å²) in [4.78, 5) is 0. The molecular weight excluding hydrogens is 240 g/mol. The van der Waals surface area contributed by atoms with Crippen LogP contribution in [0.15, 0.2) is 0 Å².